The van der Waals surface area contributed by atoms with E-state index in [-0.39, 0.29) is 0 Å². The Kier molecular flexibility index (Phi) is 2.94. The second-order valence-corrected chi connectivity index (χ2v) is 9.38. The van der Waals surface area contributed by atoms with E-state index in [4.69, 9.17) is 5.11 Å². The fourth-order valence-electron chi connectivity index (χ4n) is 1.33. The molecule has 2 nitrogen and oxygen atoms in total. The molecule has 0 aliphatic rings. The summed E-state index contributed by atoms with van der Waals surface area (Å²) in [6.07, 6.45) is 0. The van der Waals surface area contributed by atoms with E-state index in [1.54, 1.807) is 0 Å². The molecule has 0 fully saturated rings. The smallest absolute Gasteiger partial charge is 0.341 e. The number of halogens is 2. The SMILES string of the molecule is C[Si](C)(C)c1ccc(F)c(C(=O)O)c1F. The minimum Gasteiger partial charge on any atom is -0.477 e. The number of hydrogen-bond donors (Lipinski definition) is 1. The van der Waals surface area contributed by atoms with Crippen molar-refractivity contribution in [2.75, 3.05) is 0 Å². The summed E-state index contributed by atoms with van der Waals surface area (Å²) >= 11 is 0. The molecule has 0 aromatic heterocycles. The Morgan fingerprint density at radius 3 is 2.20 bits per heavy atom. The highest BCUT2D eigenvalue weighted by Gasteiger charge is 2.26. The van der Waals surface area contributed by atoms with Crippen LogP contribution in [0.2, 0.25) is 19.6 Å². The van der Waals surface area contributed by atoms with Crippen molar-refractivity contribution in [1.82, 2.24) is 0 Å². The van der Waals surface area contributed by atoms with E-state index in [2.05, 4.69) is 0 Å². The molecule has 5 heteroatoms. The summed E-state index contributed by atoms with van der Waals surface area (Å²) in [5, 5.41) is 9.01. The van der Waals surface area contributed by atoms with Crippen molar-refractivity contribution >= 4 is 19.2 Å². The third kappa shape index (κ3) is 2.23. The van der Waals surface area contributed by atoms with Gasteiger partial charge in [-0.15, -0.1) is 0 Å². The molecule has 0 amide bonds. The van der Waals surface area contributed by atoms with Gasteiger partial charge in [-0.25, -0.2) is 13.6 Å². The molecule has 0 saturated heterocycles. The zero-order chi connectivity index (χ0) is 11.8. The van der Waals surface area contributed by atoms with Gasteiger partial charge in [0.1, 0.15) is 17.2 Å². The van der Waals surface area contributed by atoms with E-state index in [1.165, 1.54) is 6.07 Å². The molecule has 0 atom stereocenters. The van der Waals surface area contributed by atoms with E-state index in [9.17, 15) is 13.6 Å². The van der Waals surface area contributed by atoms with Crippen LogP contribution >= 0.6 is 0 Å². The van der Waals surface area contributed by atoms with E-state index >= 15 is 0 Å². The molecular formula is C10H12F2O2Si. The van der Waals surface area contributed by atoms with Crippen molar-refractivity contribution in [2.24, 2.45) is 0 Å². The van der Waals surface area contributed by atoms with Crippen molar-refractivity contribution in [3.8, 4) is 0 Å². The third-order valence-corrected chi connectivity index (χ3v) is 4.12. The quantitative estimate of drug-likeness (QED) is 0.791. The molecule has 0 radical (unpaired) electrons. The average molecular weight is 230 g/mol. The van der Waals surface area contributed by atoms with Gasteiger partial charge < -0.3 is 5.11 Å². The van der Waals surface area contributed by atoms with Crippen LogP contribution in [-0.2, 0) is 0 Å². The molecule has 0 unspecified atom stereocenters. The summed E-state index contributed by atoms with van der Waals surface area (Å²) in [7, 11) is -1.98. The van der Waals surface area contributed by atoms with Crippen molar-refractivity contribution in [1.29, 1.82) is 0 Å². The highest BCUT2D eigenvalue weighted by atomic mass is 28.3. The first-order chi connectivity index (χ1) is 6.75. The van der Waals surface area contributed by atoms with Crippen molar-refractivity contribution < 1.29 is 18.7 Å². The predicted molar refractivity (Wildman–Crippen MR) is 56.3 cm³/mol. The highest BCUT2D eigenvalue weighted by Crippen LogP contribution is 2.14. The molecule has 0 spiro atoms. The lowest BCUT2D eigenvalue weighted by Crippen LogP contribution is -2.41. The van der Waals surface area contributed by atoms with Crippen LogP contribution in [-0.4, -0.2) is 19.1 Å². The average Bonchev–Trinajstić information content (AvgIpc) is 2.00. The van der Waals surface area contributed by atoms with Gasteiger partial charge in [0, 0.05) is 0 Å². The Morgan fingerprint density at radius 2 is 1.80 bits per heavy atom. The van der Waals surface area contributed by atoms with Gasteiger partial charge in [-0.3, -0.25) is 0 Å². The Hall–Kier alpha value is -1.23. The second-order valence-electron chi connectivity index (χ2n) is 4.34. The third-order valence-electron chi connectivity index (χ3n) is 2.11. The van der Waals surface area contributed by atoms with E-state index in [0.717, 1.165) is 6.07 Å². The lowest BCUT2D eigenvalue weighted by atomic mass is 10.2. The number of carbonyl (C=O) groups is 1. The molecule has 0 aliphatic carbocycles. The van der Waals surface area contributed by atoms with E-state index in [0.29, 0.717) is 5.19 Å². The molecule has 15 heavy (non-hydrogen) atoms. The molecule has 82 valence electrons. The van der Waals surface area contributed by atoms with Gasteiger partial charge in [-0.1, -0.05) is 25.7 Å². The monoisotopic (exact) mass is 230 g/mol. The summed E-state index contributed by atoms with van der Waals surface area (Å²) in [4.78, 5) is 10.7. The van der Waals surface area contributed by atoms with Gasteiger partial charge in [0.25, 0.3) is 0 Å². The van der Waals surface area contributed by atoms with Crippen LogP contribution in [0.5, 0.6) is 0 Å². The first-order valence-corrected chi connectivity index (χ1v) is 7.97. The number of carboxylic acids is 1. The predicted octanol–water partition coefficient (Wildman–Crippen LogP) is 2.21. The van der Waals surface area contributed by atoms with Crippen LogP contribution in [0.1, 0.15) is 10.4 Å². The molecule has 1 aromatic rings. The molecule has 0 aliphatic heterocycles. The molecule has 1 aromatic carbocycles. The van der Waals surface area contributed by atoms with Gasteiger partial charge in [-0.05, 0) is 11.3 Å². The Bertz CT molecular complexity index is 411. The van der Waals surface area contributed by atoms with Gasteiger partial charge in [-0.2, -0.15) is 0 Å². The van der Waals surface area contributed by atoms with Crippen molar-refractivity contribution in [2.45, 2.75) is 19.6 Å². The molecule has 0 saturated carbocycles. The first-order valence-electron chi connectivity index (χ1n) is 4.47. The maximum atomic E-state index is 13.7. The molecule has 0 bridgehead atoms. The van der Waals surface area contributed by atoms with Crippen molar-refractivity contribution in [3.63, 3.8) is 0 Å². The fraction of sp³-hybridized carbons (Fsp3) is 0.300. The second kappa shape index (κ2) is 3.73. The Morgan fingerprint density at radius 1 is 1.27 bits per heavy atom. The Balaban J connectivity index is 3.49. The minimum atomic E-state index is -1.98. The summed E-state index contributed by atoms with van der Waals surface area (Å²) < 4.78 is 26.8. The van der Waals surface area contributed by atoms with Crippen LogP contribution < -0.4 is 5.19 Å². The molecular weight excluding hydrogens is 218 g/mol. The normalized spacial score (nSPS) is 11.5. The van der Waals surface area contributed by atoms with Crippen molar-refractivity contribution in [3.05, 3.63) is 29.3 Å². The number of aromatic carboxylic acids is 1. The topological polar surface area (TPSA) is 37.3 Å². The zero-order valence-electron chi connectivity index (χ0n) is 8.77. The number of benzene rings is 1. The van der Waals surface area contributed by atoms with Crippen LogP contribution in [0.15, 0.2) is 12.1 Å². The summed E-state index contributed by atoms with van der Waals surface area (Å²) in [5.74, 6) is -3.52. The van der Waals surface area contributed by atoms with Gasteiger partial charge in [0.2, 0.25) is 0 Å². The van der Waals surface area contributed by atoms with Crippen LogP contribution in [0, 0.1) is 11.6 Å². The highest BCUT2D eigenvalue weighted by molar-refractivity contribution is 6.88. The summed E-state index contributed by atoms with van der Waals surface area (Å²) in [5.41, 5.74) is -0.852. The van der Waals surface area contributed by atoms with Gasteiger partial charge >= 0.3 is 5.97 Å². The lowest BCUT2D eigenvalue weighted by molar-refractivity contribution is 0.0686. The van der Waals surface area contributed by atoms with E-state index in [1.807, 2.05) is 19.6 Å². The largest absolute Gasteiger partial charge is 0.477 e. The number of hydrogen-bond acceptors (Lipinski definition) is 1. The number of carboxylic acid groups (broad SMARTS) is 1. The minimum absolute atomic E-state index is 0.335. The number of rotatable bonds is 2. The van der Waals surface area contributed by atoms with Crippen LogP contribution in [0.25, 0.3) is 0 Å². The zero-order valence-corrected chi connectivity index (χ0v) is 9.77. The van der Waals surface area contributed by atoms with Gasteiger partial charge in [0.05, 0.1) is 8.07 Å². The first kappa shape index (κ1) is 11.8. The summed E-state index contributed by atoms with van der Waals surface area (Å²) in [6, 6.07) is 2.35. The fourth-order valence-corrected chi connectivity index (χ4v) is 2.69. The van der Waals surface area contributed by atoms with Gasteiger partial charge in [0.15, 0.2) is 0 Å². The maximum Gasteiger partial charge on any atom is 0.341 e. The lowest BCUT2D eigenvalue weighted by Gasteiger charge is -2.18. The van der Waals surface area contributed by atoms with Crippen LogP contribution in [0.4, 0.5) is 8.78 Å². The summed E-state index contributed by atoms with van der Waals surface area (Å²) in [6.45, 7) is 5.61. The Labute approximate surface area is 87.6 Å². The van der Waals surface area contributed by atoms with E-state index < -0.39 is 31.2 Å². The maximum absolute atomic E-state index is 13.7. The molecule has 1 N–H and O–H groups in total. The molecule has 0 heterocycles. The molecule has 1 rings (SSSR count). The van der Waals surface area contributed by atoms with Crippen LogP contribution in [0.3, 0.4) is 0 Å². The standard InChI is InChI=1S/C10H12F2O2Si/c1-15(2,3)7-5-4-6(11)8(9(7)12)10(13)14/h4-5H,1-3H3,(H,13,14).